The zero-order valence-corrected chi connectivity index (χ0v) is 10.2. The largest absolute Gasteiger partial charge is 0.445 e. The summed E-state index contributed by atoms with van der Waals surface area (Å²) in [7, 11) is 0. The molecule has 0 saturated heterocycles. The van der Waals surface area contributed by atoms with E-state index in [2.05, 4.69) is 4.98 Å². The van der Waals surface area contributed by atoms with E-state index >= 15 is 0 Å². The van der Waals surface area contributed by atoms with E-state index in [1.165, 1.54) is 0 Å². The van der Waals surface area contributed by atoms with E-state index in [9.17, 15) is 4.79 Å². The van der Waals surface area contributed by atoms with Crippen LogP contribution < -0.4 is 5.73 Å². The van der Waals surface area contributed by atoms with Crippen molar-refractivity contribution in [3.8, 4) is 10.4 Å². The molecule has 2 rings (SSSR count). The van der Waals surface area contributed by atoms with Crippen LogP contribution in [0.5, 0.6) is 0 Å². The number of nitrogens with zero attached hydrogens (tertiary/aromatic N) is 1. The molecule has 0 unspecified atom stereocenters. The predicted octanol–water partition coefficient (Wildman–Crippen LogP) is 2.71. The number of aryl methyl sites for hydroxylation is 1. The Morgan fingerprint density at radius 1 is 1.41 bits per heavy atom. The molecule has 4 nitrogen and oxygen atoms in total. The van der Waals surface area contributed by atoms with E-state index in [1.807, 2.05) is 36.7 Å². The Morgan fingerprint density at radius 2 is 2.12 bits per heavy atom. The number of carbonyl (C=O) groups excluding carboxylic acids is 1. The highest BCUT2D eigenvalue weighted by Gasteiger charge is 2.04. The summed E-state index contributed by atoms with van der Waals surface area (Å²) >= 11 is 1.61. The van der Waals surface area contributed by atoms with Gasteiger partial charge in [-0.2, -0.15) is 0 Å². The lowest BCUT2D eigenvalue weighted by Gasteiger charge is -2.03. The van der Waals surface area contributed by atoms with E-state index in [-0.39, 0.29) is 6.61 Å². The highest BCUT2D eigenvalue weighted by molar-refractivity contribution is 7.13. The fourth-order valence-corrected chi connectivity index (χ4v) is 2.30. The van der Waals surface area contributed by atoms with Gasteiger partial charge in [0.05, 0.1) is 16.1 Å². The minimum absolute atomic E-state index is 0.206. The van der Waals surface area contributed by atoms with Crippen molar-refractivity contribution in [1.29, 1.82) is 0 Å². The molecule has 0 bridgehead atoms. The van der Waals surface area contributed by atoms with Gasteiger partial charge in [0.1, 0.15) is 6.61 Å². The molecule has 88 valence electrons. The van der Waals surface area contributed by atoms with Crippen LogP contribution in [0.25, 0.3) is 10.4 Å². The lowest BCUT2D eigenvalue weighted by atomic mass is 10.1. The summed E-state index contributed by atoms with van der Waals surface area (Å²) < 4.78 is 4.71. The standard InChI is InChI=1S/C12H12N2O2S/c1-8-11(17-7-14-8)10-4-2-9(3-5-10)6-16-12(13)15/h2-5,7H,6H2,1H3,(H2,13,15). The highest BCUT2D eigenvalue weighted by Crippen LogP contribution is 2.27. The molecule has 5 heteroatoms. The average Bonchev–Trinajstić information content (AvgIpc) is 2.73. The molecule has 0 aliphatic carbocycles. The maximum absolute atomic E-state index is 10.5. The zero-order valence-electron chi connectivity index (χ0n) is 9.34. The fraction of sp³-hybridized carbons (Fsp3) is 0.167. The van der Waals surface area contributed by atoms with Gasteiger partial charge >= 0.3 is 6.09 Å². The fourth-order valence-electron chi connectivity index (χ4n) is 1.49. The number of hydrogen-bond acceptors (Lipinski definition) is 4. The van der Waals surface area contributed by atoms with Gasteiger partial charge in [-0.3, -0.25) is 0 Å². The molecular weight excluding hydrogens is 236 g/mol. The lowest BCUT2D eigenvalue weighted by Crippen LogP contribution is -2.12. The van der Waals surface area contributed by atoms with Gasteiger partial charge in [0.2, 0.25) is 0 Å². The van der Waals surface area contributed by atoms with Crippen LogP contribution in [-0.4, -0.2) is 11.1 Å². The van der Waals surface area contributed by atoms with Crippen molar-refractivity contribution in [1.82, 2.24) is 4.98 Å². The molecule has 1 aromatic carbocycles. The van der Waals surface area contributed by atoms with Gasteiger partial charge in [0, 0.05) is 0 Å². The molecule has 2 aromatic rings. The third-order valence-corrected chi connectivity index (χ3v) is 3.32. The number of hydrogen-bond donors (Lipinski definition) is 1. The number of benzene rings is 1. The van der Waals surface area contributed by atoms with Gasteiger partial charge in [-0.25, -0.2) is 9.78 Å². The summed E-state index contributed by atoms with van der Waals surface area (Å²) in [5.41, 5.74) is 9.78. The van der Waals surface area contributed by atoms with Gasteiger partial charge in [0.15, 0.2) is 0 Å². The van der Waals surface area contributed by atoms with Crippen molar-refractivity contribution in [2.24, 2.45) is 5.73 Å². The highest BCUT2D eigenvalue weighted by atomic mass is 32.1. The molecule has 0 spiro atoms. The molecule has 1 heterocycles. The second-order valence-electron chi connectivity index (χ2n) is 3.57. The molecule has 0 aliphatic rings. The first-order valence-corrected chi connectivity index (χ1v) is 5.96. The summed E-state index contributed by atoms with van der Waals surface area (Å²) in [6.07, 6.45) is -0.757. The summed E-state index contributed by atoms with van der Waals surface area (Å²) in [6, 6.07) is 7.80. The normalized spacial score (nSPS) is 10.2. The maximum Gasteiger partial charge on any atom is 0.404 e. The number of aromatic nitrogens is 1. The number of amides is 1. The van der Waals surface area contributed by atoms with E-state index in [0.717, 1.165) is 21.7 Å². The summed E-state index contributed by atoms with van der Waals surface area (Å²) in [5, 5.41) is 0. The van der Waals surface area contributed by atoms with E-state index in [4.69, 9.17) is 10.5 Å². The first kappa shape index (κ1) is 11.6. The summed E-state index contributed by atoms with van der Waals surface area (Å²) in [4.78, 5) is 15.8. The smallest absolute Gasteiger partial charge is 0.404 e. The van der Waals surface area contributed by atoms with Crippen LogP contribution in [-0.2, 0) is 11.3 Å². The van der Waals surface area contributed by atoms with Gasteiger partial charge in [-0.05, 0) is 18.1 Å². The topological polar surface area (TPSA) is 65.2 Å². The first-order valence-electron chi connectivity index (χ1n) is 5.08. The van der Waals surface area contributed by atoms with Crippen LogP contribution >= 0.6 is 11.3 Å². The first-order chi connectivity index (χ1) is 8.16. The number of thiazole rings is 1. The number of carbonyl (C=O) groups is 1. The molecule has 0 fully saturated rings. The Kier molecular flexibility index (Phi) is 3.39. The molecule has 0 radical (unpaired) electrons. The lowest BCUT2D eigenvalue weighted by molar-refractivity contribution is 0.150. The van der Waals surface area contributed by atoms with Gasteiger partial charge < -0.3 is 10.5 Å². The third-order valence-electron chi connectivity index (χ3n) is 2.34. The third kappa shape index (κ3) is 2.82. The van der Waals surface area contributed by atoms with Gasteiger partial charge in [-0.1, -0.05) is 24.3 Å². The second-order valence-corrected chi connectivity index (χ2v) is 4.43. The molecule has 0 atom stereocenters. The Hall–Kier alpha value is -1.88. The Labute approximate surface area is 103 Å². The molecule has 1 aromatic heterocycles. The predicted molar refractivity (Wildman–Crippen MR) is 66.7 cm³/mol. The SMILES string of the molecule is Cc1ncsc1-c1ccc(COC(N)=O)cc1. The van der Waals surface area contributed by atoms with Crippen molar-refractivity contribution in [2.45, 2.75) is 13.5 Å². The number of primary amides is 1. The Morgan fingerprint density at radius 3 is 2.65 bits per heavy atom. The number of nitrogens with two attached hydrogens (primary N) is 1. The van der Waals surface area contributed by atoms with Crippen LogP contribution in [0.1, 0.15) is 11.3 Å². The van der Waals surface area contributed by atoms with Crippen LogP contribution in [0.2, 0.25) is 0 Å². The zero-order chi connectivity index (χ0) is 12.3. The molecular formula is C12H12N2O2S. The minimum Gasteiger partial charge on any atom is -0.445 e. The van der Waals surface area contributed by atoms with Crippen molar-refractivity contribution >= 4 is 17.4 Å². The maximum atomic E-state index is 10.5. The Balaban J connectivity index is 2.13. The van der Waals surface area contributed by atoms with E-state index in [1.54, 1.807) is 11.3 Å². The molecule has 0 saturated carbocycles. The van der Waals surface area contributed by atoms with Gasteiger partial charge in [-0.15, -0.1) is 11.3 Å². The number of ether oxygens (including phenoxy) is 1. The molecule has 2 N–H and O–H groups in total. The van der Waals surface area contributed by atoms with Crippen LogP contribution in [0.3, 0.4) is 0 Å². The van der Waals surface area contributed by atoms with Crippen molar-refractivity contribution in [3.05, 3.63) is 41.0 Å². The quantitative estimate of drug-likeness (QED) is 0.908. The van der Waals surface area contributed by atoms with Crippen molar-refractivity contribution in [3.63, 3.8) is 0 Å². The summed E-state index contributed by atoms with van der Waals surface area (Å²) in [6.45, 7) is 2.19. The van der Waals surface area contributed by atoms with Crippen LogP contribution in [0.15, 0.2) is 29.8 Å². The molecule has 17 heavy (non-hydrogen) atoms. The van der Waals surface area contributed by atoms with Crippen LogP contribution in [0.4, 0.5) is 4.79 Å². The molecule has 0 aliphatic heterocycles. The van der Waals surface area contributed by atoms with E-state index in [0.29, 0.717) is 0 Å². The monoisotopic (exact) mass is 248 g/mol. The van der Waals surface area contributed by atoms with Crippen molar-refractivity contribution < 1.29 is 9.53 Å². The van der Waals surface area contributed by atoms with Crippen molar-refractivity contribution in [2.75, 3.05) is 0 Å². The second kappa shape index (κ2) is 4.97. The minimum atomic E-state index is -0.757. The Bertz CT molecular complexity index is 520. The van der Waals surface area contributed by atoms with Crippen LogP contribution in [0, 0.1) is 6.92 Å². The summed E-state index contributed by atoms with van der Waals surface area (Å²) in [5.74, 6) is 0. The van der Waals surface area contributed by atoms with E-state index < -0.39 is 6.09 Å². The average molecular weight is 248 g/mol. The molecule has 1 amide bonds. The van der Waals surface area contributed by atoms with Gasteiger partial charge in [0.25, 0.3) is 0 Å². The number of rotatable bonds is 3.